The molecule has 5 nitrogen and oxygen atoms in total. The molecular formula is C25H26N2O3. The topological polar surface area (TPSA) is 51.5 Å². The van der Waals surface area contributed by atoms with Gasteiger partial charge in [-0.1, -0.05) is 36.4 Å². The maximum absolute atomic E-state index is 12.9. The number of ether oxygens (including phenoxy) is 1. The Balaban J connectivity index is 1.82. The van der Waals surface area contributed by atoms with E-state index in [-0.39, 0.29) is 11.9 Å². The summed E-state index contributed by atoms with van der Waals surface area (Å²) in [6.07, 6.45) is 2.12. The summed E-state index contributed by atoms with van der Waals surface area (Å²) in [5.41, 5.74) is 4.73. The lowest BCUT2D eigenvalue weighted by Crippen LogP contribution is -2.27. The van der Waals surface area contributed by atoms with E-state index in [1.807, 2.05) is 77.1 Å². The predicted molar refractivity (Wildman–Crippen MR) is 117 cm³/mol. The summed E-state index contributed by atoms with van der Waals surface area (Å²) < 4.78 is 7.30. The molecule has 154 valence electrons. The van der Waals surface area contributed by atoms with E-state index < -0.39 is 0 Å². The van der Waals surface area contributed by atoms with E-state index in [4.69, 9.17) is 4.74 Å². The Hall–Kier alpha value is -3.34. The van der Waals surface area contributed by atoms with Gasteiger partial charge in [-0.2, -0.15) is 0 Å². The number of hydrogen-bond acceptors (Lipinski definition) is 3. The van der Waals surface area contributed by atoms with E-state index in [1.54, 1.807) is 6.92 Å². The first-order valence-electron chi connectivity index (χ1n) is 10.4. The lowest BCUT2D eigenvalue weighted by molar-refractivity contribution is 0.0525. The van der Waals surface area contributed by atoms with Crippen molar-refractivity contribution in [3.05, 3.63) is 77.5 Å². The number of carbonyl (C=O) groups is 2. The zero-order valence-corrected chi connectivity index (χ0v) is 17.4. The molecular weight excluding hydrogens is 376 g/mol. The van der Waals surface area contributed by atoms with Crippen LogP contribution in [0.25, 0.3) is 16.9 Å². The fraction of sp³-hybridized carbons (Fsp3) is 0.280. The molecule has 3 aromatic rings. The Morgan fingerprint density at radius 1 is 0.967 bits per heavy atom. The van der Waals surface area contributed by atoms with Crippen molar-refractivity contribution >= 4 is 11.9 Å². The van der Waals surface area contributed by atoms with Gasteiger partial charge in [0.15, 0.2) is 0 Å². The van der Waals surface area contributed by atoms with Crippen LogP contribution in [0.1, 0.15) is 46.2 Å². The highest BCUT2D eigenvalue weighted by atomic mass is 16.5. The number of hydrogen-bond donors (Lipinski definition) is 0. The highest BCUT2D eigenvalue weighted by Gasteiger charge is 2.23. The Kier molecular flexibility index (Phi) is 5.70. The maximum Gasteiger partial charge on any atom is 0.339 e. The van der Waals surface area contributed by atoms with E-state index >= 15 is 0 Å². The Morgan fingerprint density at radius 2 is 1.70 bits per heavy atom. The molecule has 0 unspecified atom stereocenters. The standard InChI is InChI=1S/C25H26N2O3/c1-3-30-25(29)22-17-23(19-10-5-4-6-11-19)27(18(22)2)21-13-9-12-20(16-21)24(28)26-14-7-8-15-26/h4-6,9-13,16-17H,3,7-8,14-15H2,1-2H3. The van der Waals surface area contributed by atoms with Crippen LogP contribution in [0.5, 0.6) is 0 Å². The molecule has 0 aliphatic carbocycles. The number of aromatic nitrogens is 1. The van der Waals surface area contributed by atoms with Gasteiger partial charge < -0.3 is 14.2 Å². The number of nitrogens with zero attached hydrogens (tertiary/aromatic N) is 2. The normalized spacial score (nSPS) is 13.5. The predicted octanol–water partition coefficient (Wildman–Crippen LogP) is 4.87. The number of carbonyl (C=O) groups excluding carboxylic acids is 2. The fourth-order valence-corrected chi connectivity index (χ4v) is 4.06. The van der Waals surface area contributed by atoms with Gasteiger partial charge in [-0.25, -0.2) is 4.79 Å². The largest absolute Gasteiger partial charge is 0.462 e. The minimum atomic E-state index is -0.338. The molecule has 0 spiro atoms. The van der Waals surface area contributed by atoms with Crippen molar-refractivity contribution in [2.45, 2.75) is 26.7 Å². The van der Waals surface area contributed by atoms with Crippen molar-refractivity contribution in [2.75, 3.05) is 19.7 Å². The van der Waals surface area contributed by atoms with Crippen molar-refractivity contribution < 1.29 is 14.3 Å². The summed E-state index contributed by atoms with van der Waals surface area (Å²) in [7, 11) is 0. The zero-order chi connectivity index (χ0) is 21.1. The Bertz CT molecular complexity index is 1060. The zero-order valence-electron chi connectivity index (χ0n) is 17.4. The quantitative estimate of drug-likeness (QED) is 0.573. The van der Waals surface area contributed by atoms with Gasteiger partial charge in [-0.3, -0.25) is 4.79 Å². The van der Waals surface area contributed by atoms with Crippen molar-refractivity contribution in [1.29, 1.82) is 0 Å². The molecule has 0 saturated carbocycles. The first-order valence-corrected chi connectivity index (χ1v) is 10.4. The van der Waals surface area contributed by atoms with Crippen LogP contribution < -0.4 is 0 Å². The highest BCUT2D eigenvalue weighted by Crippen LogP contribution is 2.30. The summed E-state index contributed by atoms with van der Waals surface area (Å²) in [5, 5.41) is 0. The average Bonchev–Trinajstić information content (AvgIpc) is 3.42. The second-order valence-corrected chi connectivity index (χ2v) is 7.50. The number of esters is 1. The van der Waals surface area contributed by atoms with E-state index in [9.17, 15) is 9.59 Å². The summed E-state index contributed by atoms with van der Waals surface area (Å²) in [6.45, 7) is 5.66. The van der Waals surface area contributed by atoms with Crippen LogP contribution in [0.3, 0.4) is 0 Å². The Labute approximate surface area is 176 Å². The first-order chi connectivity index (χ1) is 14.6. The fourth-order valence-electron chi connectivity index (χ4n) is 4.06. The molecule has 4 rings (SSSR count). The monoisotopic (exact) mass is 402 g/mol. The van der Waals surface area contributed by atoms with Gasteiger partial charge in [-0.05, 0) is 56.5 Å². The van der Waals surface area contributed by atoms with Crippen LogP contribution in [0.4, 0.5) is 0 Å². The molecule has 0 bridgehead atoms. The van der Waals surface area contributed by atoms with Crippen LogP contribution in [0.2, 0.25) is 0 Å². The van der Waals surface area contributed by atoms with Gasteiger partial charge in [0.25, 0.3) is 5.91 Å². The lowest BCUT2D eigenvalue weighted by atomic mass is 10.1. The van der Waals surface area contributed by atoms with Gasteiger partial charge in [0, 0.05) is 30.0 Å². The van der Waals surface area contributed by atoms with Crippen molar-refractivity contribution in [3.8, 4) is 16.9 Å². The van der Waals surface area contributed by atoms with Crippen LogP contribution in [0, 0.1) is 6.92 Å². The number of likely N-dealkylation sites (tertiary alicyclic amines) is 1. The first kappa shape index (κ1) is 20.0. The number of amides is 1. The molecule has 2 heterocycles. The van der Waals surface area contributed by atoms with Gasteiger partial charge in [0.2, 0.25) is 0 Å². The van der Waals surface area contributed by atoms with Crippen molar-refractivity contribution in [3.63, 3.8) is 0 Å². The minimum Gasteiger partial charge on any atom is -0.462 e. The molecule has 1 aliphatic rings. The van der Waals surface area contributed by atoms with Crippen LogP contribution in [-0.2, 0) is 4.74 Å². The van der Waals surface area contributed by atoms with Gasteiger partial charge in [-0.15, -0.1) is 0 Å². The number of rotatable bonds is 5. The van der Waals surface area contributed by atoms with E-state index in [0.29, 0.717) is 17.7 Å². The van der Waals surface area contributed by atoms with Crippen LogP contribution in [-0.4, -0.2) is 41.0 Å². The van der Waals surface area contributed by atoms with Crippen molar-refractivity contribution in [1.82, 2.24) is 9.47 Å². The summed E-state index contributed by atoms with van der Waals surface area (Å²) in [4.78, 5) is 27.4. The van der Waals surface area contributed by atoms with E-state index in [1.165, 1.54) is 0 Å². The molecule has 1 amide bonds. The second kappa shape index (κ2) is 8.57. The molecule has 1 aliphatic heterocycles. The molecule has 2 aromatic carbocycles. The molecule has 1 saturated heterocycles. The summed E-state index contributed by atoms with van der Waals surface area (Å²) in [5.74, 6) is -0.277. The van der Waals surface area contributed by atoms with Crippen LogP contribution in [0.15, 0.2) is 60.7 Å². The smallest absolute Gasteiger partial charge is 0.339 e. The molecule has 0 radical (unpaired) electrons. The minimum absolute atomic E-state index is 0.0611. The third kappa shape index (κ3) is 3.75. The summed E-state index contributed by atoms with van der Waals surface area (Å²) >= 11 is 0. The molecule has 30 heavy (non-hydrogen) atoms. The third-order valence-corrected chi connectivity index (χ3v) is 5.56. The van der Waals surface area contributed by atoms with Crippen molar-refractivity contribution in [2.24, 2.45) is 0 Å². The maximum atomic E-state index is 12.9. The third-order valence-electron chi connectivity index (χ3n) is 5.56. The molecule has 0 N–H and O–H groups in total. The molecule has 0 atom stereocenters. The molecule has 5 heteroatoms. The van der Waals surface area contributed by atoms with E-state index in [0.717, 1.165) is 48.6 Å². The molecule has 1 fully saturated rings. The highest BCUT2D eigenvalue weighted by molar-refractivity contribution is 5.95. The van der Waals surface area contributed by atoms with E-state index in [2.05, 4.69) is 0 Å². The SMILES string of the molecule is CCOC(=O)c1cc(-c2ccccc2)n(-c2cccc(C(=O)N3CCCC3)c2)c1C. The van der Waals surface area contributed by atoms with Gasteiger partial charge >= 0.3 is 5.97 Å². The molecule has 1 aromatic heterocycles. The average molecular weight is 402 g/mol. The Morgan fingerprint density at radius 3 is 2.40 bits per heavy atom. The second-order valence-electron chi connectivity index (χ2n) is 7.50. The lowest BCUT2D eigenvalue weighted by Gasteiger charge is -2.17. The number of benzene rings is 2. The van der Waals surface area contributed by atoms with Crippen LogP contribution >= 0.6 is 0 Å². The van der Waals surface area contributed by atoms with Gasteiger partial charge in [0.1, 0.15) is 0 Å². The van der Waals surface area contributed by atoms with Gasteiger partial charge in [0.05, 0.1) is 17.9 Å². The summed E-state index contributed by atoms with van der Waals surface area (Å²) in [6, 6.07) is 19.4.